The molecule has 0 aliphatic rings. The third kappa shape index (κ3) is 4.52. The maximum absolute atomic E-state index is 12.2. The molecule has 1 unspecified atom stereocenters. The van der Waals surface area contributed by atoms with Crippen LogP contribution in [0.25, 0.3) is 0 Å². The van der Waals surface area contributed by atoms with Crippen LogP contribution >= 0.6 is 0 Å². The summed E-state index contributed by atoms with van der Waals surface area (Å²) in [4.78, 5) is 20.4. The first kappa shape index (κ1) is 16.9. The van der Waals surface area contributed by atoms with Crippen LogP contribution in [0.2, 0.25) is 0 Å². The molecule has 0 saturated heterocycles. The van der Waals surface area contributed by atoms with Crippen LogP contribution < -0.4 is 10.6 Å². The molecule has 0 spiro atoms. The summed E-state index contributed by atoms with van der Waals surface area (Å²) in [7, 11) is 0. The highest BCUT2D eigenvalue weighted by Crippen LogP contribution is 2.26. The van der Waals surface area contributed by atoms with Crippen molar-refractivity contribution in [2.24, 2.45) is 0 Å². The molecule has 5 heteroatoms. The molecule has 1 aromatic carbocycles. The molecule has 122 valence electrons. The van der Waals surface area contributed by atoms with E-state index in [1.54, 1.807) is 6.07 Å². The molecule has 1 amide bonds. The third-order valence-electron chi connectivity index (χ3n) is 3.74. The van der Waals surface area contributed by atoms with Gasteiger partial charge in [0.1, 0.15) is 17.8 Å². The van der Waals surface area contributed by atoms with E-state index >= 15 is 0 Å². The SMILES string of the molecule is CCC(C)NC(=O)c1cc(Nc2ccccc2C(C)C)ncn1. The van der Waals surface area contributed by atoms with E-state index in [0.717, 1.165) is 12.1 Å². The van der Waals surface area contributed by atoms with Crippen LogP contribution in [0.4, 0.5) is 11.5 Å². The van der Waals surface area contributed by atoms with Gasteiger partial charge in [-0.1, -0.05) is 39.0 Å². The number of carbonyl (C=O) groups is 1. The molecule has 0 fully saturated rings. The van der Waals surface area contributed by atoms with Crippen LogP contribution in [0.15, 0.2) is 36.7 Å². The Balaban J connectivity index is 2.19. The van der Waals surface area contributed by atoms with Gasteiger partial charge in [-0.15, -0.1) is 0 Å². The van der Waals surface area contributed by atoms with Crippen LogP contribution in [0.3, 0.4) is 0 Å². The molecule has 1 heterocycles. The number of nitrogens with zero attached hydrogens (tertiary/aromatic N) is 2. The molecule has 0 saturated carbocycles. The predicted octanol–water partition coefficient (Wildman–Crippen LogP) is 3.87. The van der Waals surface area contributed by atoms with E-state index < -0.39 is 0 Å². The fourth-order valence-electron chi connectivity index (χ4n) is 2.20. The van der Waals surface area contributed by atoms with Gasteiger partial charge >= 0.3 is 0 Å². The van der Waals surface area contributed by atoms with Crippen LogP contribution in [0, 0.1) is 0 Å². The van der Waals surface area contributed by atoms with Gasteiger partial charge in [-0.3, -0.25) is 4.79 Å². The highest BCUT2D eigenvalue weighted by Gasteiger charge is 2.12. The van der Waals surface area contributed by atoms with E-state index in [0.29, 0.717) is 17.4 Å². The van der Waals surface area contributed by atoms with Crippen LogP contribution in [-0.2, 0) is 0 Å². The summed E-state index contributed by atoms with van der Waals surface area (Å²) in [6.45, 7) is 8.29. The smallest absolute Gasteiger partial charge is 0.270 e. The standard InChI is InChI=1S/C18H24N4O/c1-5-13(4)21-18(23)16-10-17(20-11-19-16)22-15-9-7-6-8-14(15)12(2)3/h6-13H,5H2,1-4H3,(H,21,23)(H,19,20,22). The quantitative estimate of drug-likeness (QED) is 0.849. The number of nitrogens with one attached hydrogen (secondary N) is 2. The van der Waals surface area contributed by atoms with Crippen LogP contribution in [0.1, 0.15) is 56.1 Å². The highest BCUT2D eigenvalue weighted by molar-refractivity contribution is 5.93. The molecule has 2 aromatic rings. The summed E-state index contributed by atoms with van der Waals surface area (Å²) in [6, 6.07) is 9.89. The predicted molar refractivity (Wildman–Crippen MR) is 93.1 cm³/mol. The van der Waals surface area contributed by atoms with Crippen molar-refractivity contribution in [3.63, 3.8) is 0 Å². The Morgan fingerprint density at radius 2 is 1.91 bits per heavy atom. The number of hydrogen-bond donors (Lipinski definition) is 2. The van der Waals surface area contributed by atoms with Crippen molar-refractivity contribution in [2.75, 3.05) is 5.32 Å². The largest absolute Gasteiger partial charge is 0.348 e. The van der Waals surface area contributed by atoms with Crippen LogP contribution in [-0.4, -0.2) is 21.9 Å². The van der Waals surface area contributed by atoms with Crippen molar-refractivity contribution in [2.45, 2.75) is 46.1 Å². The summed E-state index contributed by atoms with van der Waals surface area (Å²) < 4.78 is 0. The van der Waals surface area contributed by atoms with Gasteiger partial charge in [-0.2, -0.15) is 0 Å². The van der Waals surface area contributed by atoms with Gasteiger partial charge in [0.15, 0.2) is 0 Å². The number of anilines is 2. The average Bonchev–Trinajstić information content (AvgIpc) is 2.55. The van der Waals surface area contributed by atoms with Crippen molar-refractivity contribution in [3.8, 4) is 0 Å². The minimum atomic E-state index is -0.179. The molecular formula is C18H24N4O. The van der Waals surface area contributed by atoms with Gasteiger partial charge in [-0.05, 0) is 30.9 Å². The first-order valence-corrected chi connectivity index (χ1v) is 8.00. The third-order valence-corrected chi connectivity index (χ3v) is 3.74. The monoisotopic (exact) mass is 312 g/mol. The summed E-state index contributed by atoms with van der Waals surface area (Å²) in [5, 5.41) is 6.19. The molecule has 23 heavy (non-hydrogen) atoms. The molecule has 1 aromatic heterocycles. The molecule has 0 bridgehead atoms. The van der Waals surface area contributed by atoms with Crippen molar-refractivity contribution in [1.29, 1.82) is 0 Å². The lowest BCUT2D eigenvalue weighted by Gasteiger charge is -2.14. The van der Waals surface area contributed by atoms with Crippen LogP contribution in [0.5, 0.6) is 0 Å². The van der Waals surface area contributed by atoms with Gasteiger partial charge in [0.05, 0.1) is 0 Å². The minimum Gasteiger partial charge on any atom is -0.348 e. The fraction of sp³-hybridized carbons (Fsp3) is 0.389. The average molecular weight is 312 g/mol. The zero-order chi connectivity index (χ0) is 16.8. The molecule has 0 aliphatic carbocycles. The van der Waals surface area contributed by atoms with Gasteiger partial charge in [0, 0.05) is 17.8 Å². The zero-order valence-electron chi connectivity index (χ0n) is 14.1. The Labute approximate surface area is 137 Å². The number of rotatable bonds is 6. The lowest BCUT2D eigenvalue weighted by atomic mass is 10.0. The molecule has 2 rings (SSSR count). The fourth-order valence-corrected chi connectivity index (χ4v) is 2.20. The van der Waals surface area contributed by atoms with E-state index in [1.165, 1.54) is 11.9 Å². The molecule has 5 nitrogen and oxygen atoms in total. The maximum Gasteiger partial charge on any atom is 0.270 e. The second-order valence-electron chi connectivity index (χ2n) is 5.94. The number of carbonyl (C=O) groups excluding carboxylic acids is 1. The van der Waals surface area contributed by atoms with Crippen molar-refractivity contribution in [1.82, 2.24) is 15.3 Å². The minimum absolute atomic E-state index is 0.121. The lowest BCUT2D eigenvalue weighted by Crippen LogP contribution is -2.32. The maximum atomic E-state index is 12.2. The zero-order valence-corrected chi connectivity index (χ0v) is 14.1. The summed E-state index contributed by atoms with van der Waals surface area (Å²) in [5.74, 6) is 0.832. The van der Waals surface area contributed by atoms with Crippen molar-refractivity contribution in [3.05, 3.63) is 47.9 Å². The Bertz CT molecular complexity index is 670. The summed E-state index contributed by atoms with van der Waals surface area (Å²) >= 11 is 0. The molecule has 0 radical (unpaired) electrons. The first-order valence-electron chi connectivity index (χ1n) is 8.00. The van der Waals surface area contributed by atoms with E-state index in [9.17, 15) is 4.79 Å². The summed E-state index contributed by atoms with van der Waals surface area (Å²) in [5.41, 5.74) is 2.57. The number of para-hydroxylation sites is 1. The van der Waals surface area contributed by atoms with E-state index in [4.69, 9.17) is 0 Å². The highest BCUT2D eigenvalue weighted by atomic mass is 16.1. The Hall–Kier alpha value is -2.43. The number of aromatic nitrogens is 2. The Morgan fingerprint density at radius 1 is 1.17 bits per heavy atom. The molecule has 2 N–H and O–H groups in total. The van der Waals surface area contributed by atoms with Gasteiger partial charge in [-0.25, -0.2) is 9.97 Å². The van der Waals surface area contributed by atoms with E-state index in [2.05, 4.69) is 40.5 Å². The number of benzene rings is 1. The summed E-state index contributed by atoms with van der Waals surface area (Å²) in [6.07, 6.45) is 2.29. The lowest BCUT2D eigenvalue weighted by molar-refractivity contribution is 0.0934. The molecule has 1 atom stereocenters. The Morgan fingerprint density at radius 3 is 2.61 bits per heavy atom. The van der Waals surface area contributed by atoms with Gasteiger partial charge < -0.3 is 10.6 Å². The number of hydrogen-bond acceptors (Lipinski definition) is 4. The number of amides is 1. The van der Waals surface area contributed by atoms with E-state index in [-0.39, 0.29) is 11.9 Å². The second-order valence-corrected chi connectivity index (χ2v) is 5.94. The second kappa shape index (κ2) is 7.72. The van der Waals surface area contributed by atoms with E-state index in [1.807, 2.05) is 32.0 Å². The Kier molecular flexibility index (Phi) is 5.68. The topological polar surface area (TPSA) is 66.9 Å². The molecular weight excluding hydrogens is 288 g/mol. The van der Waals surface area contributed by atoms with Gasteiger partial charge in [0.25, 0.3) is 5.91 Å². The molecule has 0 aliphatic heterocycles. The van der Waals surface area contributed by atoms with Crippen molar-refractivity contribution < 1.29 is 4.79 Å². The normalized spacial score (nSPS) is 12.0. The van der Waals surface area contributed by atoms with Gasteiger partial charge in [0.2, 0.25) is 0 Å². The van der Waals surface area contributed by atoms with Crippen molar-refractivity contribution >= 4 is 17.4 Å². The first-order chi connectivity index (χ1) is 11.0.